The zero-order valence-corrected chi connectivity index (χ0v) is 8.78. The second kappa shape index (κ2) is 3.62. The molecule has 0 spiro atoms. The van der Waals surface area contributed by atoms with E-state index < -0.39 is 0 Å². The van der Waals surface area contributed by atoms with E-state index in [2.05, 4.69) is 54.2 Å². The largest absolute Gasteiger partial charge is 0.355 e. The molecule has 1 N–H and O–H groups in total. The van der Waals surface area contributed by atoms with E-state index in [0.717, 1.165) is 0 Å². The molecule has 1 nitrogen and oxygen atoms in total. The lowest BCUT2D eigenvalue weighted by atomic mass is 9.60. The molecule has 0 aliphatic carbocycles. The van der Waals surface area contributed by atoms with Crippen molar-refractivity contribution < 1.29 is 0 Å². The van der Waals surface area contributed by atoms with E-state index in [1.54, 1.807) is 0 Å². The molecule has 0 saturated carbocycles. The molecule has 2 heteroatoms. The zero-order valence-electron chi connectivity index (χ0n) is 8.78. The fourth-order valence-corrected chi connectivity index (χ4v) is 0.514. The molecular weight excluding hydrogens is 133 g/mol. The second-order valence-corrected chi connectivity index (χ2v) is 4.88. The van der Waals surface area contributed by atoms with Gasteiger partial charge in [0.05, 0.1) is 0 Å². The summed E-state index contributed by atoms with van der Waals surface area (Å²) in [5.74, 6) is 0. The number of nitrogens with one attached hydrogen (secondary N) is 1. The number of hydrogen-bond acceptors (Lipinski definition) is 1. The summed E-state index contributed by atoms with van der Waals surface area (Å²) in [7, 11) is 2.20. The molecule has 0 aromatic heterocycles. The highest BCUT2D eigenvalue weighted by molar-refractivity contribution is 6.36. The standard InChI is InChI=1S/C9H21BN/c1-7-9(5,6)10-11-8(2,3)4/h11H,7H2,1-6H3. The Kier molecular flexibility index (Phi) is 3.63. The van der Waals surface area contributed by atoms with Crippen molar-refractivity contribution in [1.82, 2.24) is 5.23 Å². The summed E-state index contributed by atoms with van der Waals surface area (Å²) < 4.78 is 0. The molecule has 0 aliphatic heterocycles. The summed E-state index contributed by atoms with van der Waals surface area (Å²) in [6.45, 7) is 13.2. The summed E-state index contributed by atoms with van der Waals surface area (Å²) in [5, 5.41) is 3.70. The van der Waals surface area contributed by atoms with Crippen molar-refractivity contribution in [3.8, 4) is 0 Å². The van der Waals surface area contributed by atoms with Crippen LogP contribution in [0.5, 0.6) is 0 Å². The van der Waals surface area contributed by atoms with Crippen molar-refractivity contribution in [3.05, 3.63) is 0 Å². The highest BCUT2D eigenvalue weighted by atomic mass is 14.9. The zero-order chi connectivity index (χ0) is 9.12. The first-order chi connectivity index (χ1) is 4.77. The summed E-state index contributed by atoms with van der Waals surface area (Å²) in [4.78, 5) is 0. The second-order valence-electron chi connectivity index (χ2n) is 4.88. The lowest BCUT2D eigenvalue weighted by molar-refractivity contribution is 0.504. The Morgan fingerprint density at radius 1 is 1.09 bits per heavy atom. The molecular formula is C9H21BN. The summed E-state index contributed by atoms with van der Waals surface area (Å²) >= 11 is 0. The van der Waals surface area contributed by atoms with Crippen LogP contribution in [0, 0.1) is 0 Å². The van der Waals surface area contributed by atoms with Gasteiger partial charge in [0.15, 0.2) is 0 Å². The minimum absolute atomic E-state index is 0.201. The maximum atomic E-state index is 3.39. The molecule has 0 saturated heterocycles. The molecule has 0 aliphatic rings. The molecule has 65 valence electrons. The molecule has 0 atom stereocenters. The lowest BCUT2D eigenvalue weighted by Gasteiger charge is -2.28. The maximum Gasteiger partial charge on any atom is 0.212 e. The van der Waals surface area contributed by atoms with Gasteiger partial charge in [-0.1, -0.05) is 27.2 Å². The highest BCUT2D eigenvalue weighted by Crippen LogP contribution is 2.25. The average Bonchev–Trinajstić information content (AvgIpc) is 1.83. The fraction of sp³-hybridized carbons (Fsp3) is 1.00. The molecule has 0 amide bonds. The normalized spacial score (nSPS) is 13.3. The topological polar surface area (TPSA) is 12.0 Å². The molecule has 1 radical (unpaired) electrons. The molecule has 11 heavy (non-hydrogen) atoms. The lowest BCUT2D eigenvalue weighted by Crippen LogP contribution is -2.42. The van der Waals surface area contributed by atoms with Gasteiger partial charge in [-0.05, 0) is 31.6 Å². The van der Waals surface area contributed by atoms with Crippen molar-refractivity contribution >= 4 is 7.41 Å². The van der Waals surface area contributed by atoms with Crippen LogP contribution in [-0.4, -0.2) is 13.0 Å². The van der Waals surface area contributed by atoms with Gasteiger partial charge in [-0.15, -0.1) is 0 Å². The molecule has 0 fully saturated rings. The molecule has 0 heterocycles. The highest BCUT2D eigenvalue weighted by Gasteiger charge is 2.20. The van der Waals surface area contributed by atoms with Crippen molar-refractivity contribution in [2.75, 3.05) is 0 Å². The third kappa shape index (κ3) is 6.42. The van der Waals surface area contributed by atoms with Gasteiger partial charge >= 0.3 is 0 Å². The first-order valence-corrected chi connectivity index (χ1v) is 4.39. The van der Waals surface area contributed by atoms with Crippen molar-refractivity contribution in [1.29, 1.82) is 0 Å². The third-order valence-electron chi connectivity index (χ3n) is 1.81. The van der Waals surface area contributed by atoms with Crippen LogP contribution in [0.1, 0.15) is 48.0 Å². The number of rotatable bonds is 3. The monoisotopic (exact) mass is 154 g/mol. The third-order valence-corrected chi connectivity index (χ3v) is 1.81. The predicted molar refractivity (Wildman–Crippen MR) is 53.0 cm³/mol. The predicted octanol–water partition coefficient (Wildman–Crippen LogP) is 2.60. The van der Waals surface area contributed by atoms with E-state index >= 15 is 0 Å². The minimum Gasteiger partial charge on any atom is -0.355 e. The van der Waals surface area contributed by atoms with Crippen LogP contribution in [0.3, 0.4) is 0 Å². The molecule has 0 unspecified atom stereocenters. The maximum absolute atomic E-state index is 3.39. The van der Waals surface area contributed by atoms with Crippen LogP contribution in [0.4, 0.5) is 0 Å². The van der Waals surface area contributed by atoms with Crippen molar-refractivity contribution in [3.63, 3.8) is 0 Å². The Morgan fingerprint density at radius 3 is 1.82 bits per heavy atom. The van der Waals surface area contributed by atoms with E-state index in [0.29, 0.717) is 5.31 Å². The van der Waals surface area contributed by atoms with Crippen LogP contribution in [-0.2, 0) is 0 Å². The first kappa shape index (κ1) is 11.0. The Labute approximate surface area is 72.2 Å². The average molecular weight is 154 g/mol. The van der Waals surface area contributed by atoms with Crippen LogP contribution < -0.4 is 5.23 Å². The Morgan fingerprint density at radius 2 is 1.55 bits per heavy atom. The van der Waals surface area contributed by atoms with Gasteiger partial charge in [-0.2, -0.15) is 0 Å². The summed E-state index contributed by atoms with van der Waals surface area (Å²) in [6, 6.07) is 0. The van der Waals surface area contributed by atoms with Crippen molar-refractivity contribution in [2.45, 2.75) is 58.8 Å². The van der Waals surface area contributed by atoms with Gasteiger partial charge in [0.2, 0.25) is 7.41 Å². The Bertz CT molecular complexity index is 113. The molecule has 0 bridgehead atoms. The molecule has 0 rings (SSSR count). The Hall–Kier alpha value is 0.0249. The summed E-state index contributed by atoms with van der Waals surface area (Å²) in [5.41, 5.74) is 0.201. The van der Waals surface area contributed by atoms with Crippen LogP contribution in [0.25, 0.3) is 0 Å². The first-order valence-electron chi connectivity index (χ1n) is 4.39. The number of hydrogen-bond donors (Lipinski definition) is 1. The van der Waals surface area contributed by atoms with Gasteiger partial charge in [-0.3, -0.25) is 0 Å². The Balaban J connectivity index is 3.70. The van der Waals surface area contributed by atoms with Gasteiger partial charge in [-0.25, -0.2) is 0 Å². The summed E-state index contributed by atoms with van der Waals surface area (Å²) in [6.07, 6.45) is 1.18. The van der Waals surface area contributed by atoms with Gasteiger partial charge in [0.1, 0.15) is 0 Å². The van der Waals surface area contributed by atoms with Crippen LogP contribution in [0.15, 0.2) is 0 Å². The molecule has 0 aromatic rings. The minimum atomic E-state index is 0.201. The SMILES string of the molecule is CCC(C)(C)[B]NC(C)(C)C. The van der Waals surface area contributed by atoms with Crippen molar-refractivity contribution in [2.24, 2.45) is 0 Å². The van der Waals surface area contributed by atoms with E-state index in [4.69, 9.17) is 0 Å². The van der Waals surface area contributed by atoms with Crippen LogP contribution >= 0.6 is 0 Å². The van der Waals surface area contributed by atoms with E-state index in [-0.39, 0.29) is 5.54 Å². The van der Waals surface area contributed by atoms with E-state index in [1.807, 2.05) is 0 Å². The van der Waals surface area contributed by atoms with E-state index in [9.17, 15) is 0 Å². The smallest absolute Gasteiger partial charge is 0.212 e. The van der Waals surface area contributed by atoms with Gasteiger partial charge in [0.25, 0.3) is 0 Å². The van der Waals surface area contributed by atoms with Crippen LogP contribution in [0.2, 0.25) is 5.31 Å². The molecule has 0 aromatic carbocycles. The fourth-order valence-electron chi connectivity index (χ4n) is 0.514. The van der Waals surface area contributed by atoms with Gasteiger partial charge < -0.3 is 5.23 Å². The van der Waals surface area contributed by atoms with E-state index in [1.165, 1.54) is 6.42 Å². The quantitative estimate of drug-likeness (QED) is 0.616. The van der Waals surface area contributed by atoms with Gasteiger partial charge in [0, 0.05) is 0 Å².